The Morgan fingerprint density at radius 1 is 1.62 bits per heavy atom. The van der Waals surface area contributed by atoms with Crippen molar-refractivity contribution in [3.05, 3.63) is 33.7 Å². The summed E-state index contributed by atoms with van der Waals surface area (Å²) in [5, 5.41) is 2.56. The fourth-order valence-electron chi connectivity index (χ4n) is 1.01. The molecule has 1 rings (SSSR count). The molecule has 0 unspecified atom stereocenters. The van der Waals surface area contributed by atoms with Gasteiger partial charge in [0, 0.05) is 24.5 Å². The first-order valence-electron chi connectivity index (χ1n) is 4.12. The molecule has 4 nitrogen and oxygen atoms in total. The van der Waals surface area contributed by atoms with E-state index in [2.05, 4.69) is 10.3 Å². The molecule has 0 aliphatic carbocycles. The predicted octanol–water partition coefficient (Wildman–Crippen LogP) is 0.433. The van der Waals surface area contributed by atoms with E-state index in [1.807, 2.05) is 0 Å². The maximum absolute atomic E-state index is 11.3. The highest BCUT2D eigenvalue weighted by Crippen LogP contribution is 1.91. The number of aromatic nitrogens is 1. The van der Waals surface area contributed by atoms with Gasteiger partial charge >= 0.3 is 0 Å². The molecular formula is C9H12N2O2. The van der Waals surface area contributed by atoms with E-state index >= 15 is 0 Å². The summed E-state index contributed by atoms with van der Waals surface area (Å²) in [7, 11) is 0. The SMILES string of the molecule is CCNC(=O)c1c[nH]c(C)cc1=O. The minimum atomic E-state index is -0.330. The molecule has 0 saturated carbocycles. The van der Waals surface area contributed by atoms with Gasteiger partial charge in [0.25, 0.3) is 5.91 Å². The molecule has 4 heteroatoms. The summed E-state index contributed by atoms with van der Waals surface area (Å²) in [4.78, 5) is 25.3. The first kappa shape index (κ1) is 9.51. The summed E-state index contributed by atoms with van der Waals surface area (Å²) in [6.45, 7) is 4.09. The Labute approximate surface area is 76.0 Å². The highest BCUT2D eigenvalue weighted by Gasteiger charge is 2.07. The molecule has 1 heterocycles. The minimum Gasteiger partial charge on any atom is -0.364 e. The normalized spacial score (nSPS) is 9.69. The molecule has 13 heavy (non-hydrogen) atoms. The Balaban J connectivity index is 3.02. The Morgan fingerprint density at radius 2 is 2.31 bits per heavy atom. The quantitative estimate of drug-likeness (QED) is 0.693. The number of carbonyl (C=O) groups is 1. The van der Waals surface area contributed by atoms with E-state index in [-0.39, 0.29) is 16.9 Å². The van der Waals surface area contributed by atoms with Crippen LogP contribution in [0.5, 0.6) is 0 Å². The second-order valence-electron chi connectivity index (χ2n) is 2.75. The lowest BCUT2D eigenvalue weighted by molar-refractivity contribution is 0.0954. The Hall–Kier alpha value is -1.58. The van der Waals surface area contributed by atoms with Crippen LogP contribution in [0.2, 0.25) is 0 Å². The van der Waals surface area contributed by atoms with Gasteiger partial charge in [0.15, 0.2) is 5.43 Å². The van der Waals surface area contributed by atoms with Gasteiger partial charge in [-0.25, -0.2) is 0 Å². The standard InChI is InChI=1S/C9H12N2O2/c1-3-10-9(13)7-5-11-6(2)4-8(7)12/h4-5H,3H2,1-2H3,(H,10,13)(H,11,12). The molecule has 0 fully saturated rings. The molecule has 0 atom stereocenters. The van der Waals surface area contributed by atoms with E-state index < -0.39 is 0 Å². The number of aromatic amines is 1. The van der Waals surface area contributed by atoms with E-state index in [9.17, 15) is 9.59 Å². The number of amides is 1. The van der Waals surface area contributed by atoms with E-state index in [0.29, 0.717) is 6.54 Å². The summed E-state index contributed by atoms with van der Waals surface area (Å²) < 4.78 is 0. The summed E-state index contributed by atoms with van der Waals surface area (Å²) in [5.74, 6) is -0.330. The number of H-pyrrole nitrogens is 1. The fourth-order valence-corrected chi connectivity index (χ4v) is 1.01. The summed E-state index contributed by atoms with van der Waals surface area (Å²) >= 11 is 0. The van der Waals surface area contributed by atoms with Crippen LogP contribution in [0.3, 0.4) is 0 Å². The lowest BCUT2D eigenvalue weighted by atomic mass is 10.2. The van der Waals surface area contributed by atoms with Gasteiger partial charge in [-0.1, -0.05) is 0 Å². The zero-order valence-corrected chi connectivity index (χ0v) is 7.68. The molecule has 1 aromatic heterocycles. The second kappa shape index (κ2) is 3.89. The smallest absolute Gasteiger partial charge is 0.256 e. The van der Waals surface area contributed by atoms with E-state index in [1.165, 1.54) is 12.3 Å². The van der Waals surface area contributed by atoms with Gasteiger partial charge in [-0.3, -0.25) is 9.59 Å². The minimum absolute atomic E-state index is 0.160. The van der Waals surface area contributed by atoms with Gasteiger partial charge in [-0.2, -0.15) is 0 Å². The number of hydrogen-bond acceptors (Lipinski definition) is 2. The highest BCUT2D eigenvalue weighted by atomic mass is 16.2. The van der Waals surface area contributed by atoms with Crippen molar-refractivity contribution in [1.82, 2.24) is 10.3 Å². The van der Waals surface area contributed by atoms with Gasteiger partial charge in [0.05, 0.1) is 0 Å². The van der Waals surface area contributed by atoms with Crippen molar-refractivity contribution in [2.24, 2.45) is 0 Å². The van der Waals surface area contributed by atoms with Gasteiger partial charge in [0.2, 0.25) is 0 Å². The molecule has 0 bridgehead atoms. The topological polar surface area (TPSA) is 62.0 Å². The van der Waals surface area contributed by atoms with Crippen LogP contribution in [0.1, 0.15) is 23.0 Å². The van der Waals surface area contributed by atoms with E-state index in [0.717, 1.165) is 5.69 Å². The first-order chi connectivity index (χ1) is 6.15. The molecule has 1 aromatic rings. The van der Waals surface area contributed by atoms with Crippen molar-refractivity contribution in [2.75, 3.05) is 6.54 Å². The number of nitrogens with one attached hydrogen (secondary N) is 2. The van der Waals surface area contributed by atoms with Crippen LogP contribution < -0.4 is 10.7 Å². The van der Waals surface area contributed by atoms with Crippen molar-refractivity contribution in [3.63, 3.8) is 0 Å². The number of carbonyl (C=O) groups excluding carboxylic acids is 1. The third-order valence-electron chi connectivity index (χ3n) is 1.64. The molecule has 0 aliphatic heterocycles. The van der Waals surface area contributed by atoms with Gasteiger partial charge in [-0.15, -0.1) is 0 Å². The first-order valence-corrected chi connectivity index (χ1v) is 4.12. The lowest BCUT2D eigenvalue weighted by Gasteiger charge is -2.00. The zero-order chi connectivity index (χ0) is 9.84. The van der Waals surface area contributed by atoms with Gasteiger partial charge in [0.1, 0.15) is 5.56 Å². The molecule has 1 amide bonds. The molecule has 0 aromatic carbocycles. The number of hydrogen-bond donors (Lipinski definition) is 2. The lowest BCUT2D eigenvalue weighted by Crippen LogP contribution is -2.28. The van der Waals surface area contributed by atoms with E-state index in [4.69, 9.17) is 0 Å². The zero-order valence-electron chi connectivity index (χ0n) is 7.68. The van der Waals surface area contributed by atoms with Crippen LogP contribution in [0.25, 0.3) is 0 Å². The van der Waals surface area contributed by atoms with Crippen LogP contribution in [0.4, 0.5) is 0 Å². The largest absolute Gasteiger partial charge is 0.364 e. The van der Waals surface area contributed by atoms with Crippen LogP contribution in [0, 0.1) is 6.92 Å². The van der Waals surface area contributed by atoms with Gasteiger partial charge < -0.3 is 10.3 Å². The van der Waals surface area contributed by atoms with Crippen molar-refractivity contribution in [1.29, 1.82) is 0 Å². The Morgan fingerprint density at radius 3 is 2.85 bits per heavy atom. The van der Waals surface area contributed by atoms with Crippen molar-refractivity contribution >= 4 is 5.91 Å². The molecule has 0 aliphatic rings. The van der Waals surface area contributed by atoms with Crippen LogP contribution in [-0.4, -0.2) is 17.4 Å². The molecule has 70 valence electrons. The van der Waals surface area contributed by atoms with Gasteiger partial charge in [-0.05, 0) is 13.8 Å². The summed E-state index contributed by atoms with van der Waals surface area (Å²) in [6.07, 6.45) is 1.43. The molecule has 2 N–H and O–H groups in total. The van der Waals surface area contributed by atoms with Crippen LogP contribution >= 0.6 is 0 Å². The second-order valence-corrected chi connectivity index (χ2v) is 2.75. The third kappa shape index (κ3) is 2.18. The van der Waals surface area contributed by atoms with Crippen molar-refractivity contribution in [3.8, 4) is 0 Å². The summed E-state index contributed by atoms with van der Waals surface area (Å²) in [6, 6.07) is 1.41. The maximum Gasteiger partial charge on any atom is 0.256 e. The summed E-state index contributed by atoms with van der Waals surface area (Å²) in [5.41, 5.74) is 0.660. The monoisotopic (exact) mass is 180 g/mol. The average molecular weight is 180 g/mol. The Kier molecular flexibility index (Phi) is 2.84. The van der Waals surface area contributed by atoms with Crippen LogP contribution in [0.15, 0.2) is 17.1 Å². The van der Waals surface area contributed by atoms with Crippen molar-refractivity contribution in [2.45, 2.75) is 13.8 Å². The third-order valence-corrected chi connectivity index (χ3v) is 1.64. The van der Waals surface area contributed by atoms with Crippen molar-refractivity contribution < 1.29 is 4.79 Å². The molecular weight excluding hydrogens is 168 g/mol. The number of rotatable bonds is 2. The Bertz CT molecular complexity index is 368. The van der Waals surface area contributed by atoms with Crippen LogP contribution in [-0.2, 0) is 0 Å². The molecule has 0 saturated heterocycles. The predicted molar refractivity (Wildman–Crippen MR) is 49.8 cm³/mol. The maximum atomic E-state index is 11.3. The molecule has 0 radical (unpaired) electrons. The average Bonchev–Trinajstić information content (AvgIpc) is 2.04. The fraction of sp³-hybridized carbons (Fsp3) is 0.333. The number of aryl methyl sites for hydroxylation is 1. The number of pyridine rings is 1. The van der Waals surface area contributed by atoms with E-state index in [1.54, 1.807) is 13.8 Å². The molecule has 0 spiro atoms. The highest BCUT2D eigenvalue weighted by molar-refractivity contribution is 5.93.